The molecule has 7 heteroatoms. The number of nitrogens with one attached hydrogen (secondary N) is 1. The number of fused-ring (bicyclic) bond motifs is 1. The average Bonchev–Trinajstić information content (AvgIpc) is 3.15. The molecule has 0 aliphatic carbocycles. The number of ether oxygens (including phenoxy) is 2. The largest absolute Gasteiger partial charge is 0.465 e. The minimum atomic E-state index is -0.486. The van der Waals surface area contributed by atoms with Gasteiger partial charge in [0.05, 0.1) is 29.8 Å². The Labute approximate surface area is 173 Å². The van der Waals surface area contributed by atoms with Gasteiger partial charge in [-0.2, -0.15) is 5.26 Å². The summed E-state index contributed by atoms with van der Waals surface area (Å²) in [6, 6.07) is 15.2. The van der Waals surface area contributed by atoms with Gasteiger partial charge in [0.25, 0.3) is 0 Å². The van der Waals surface area contributed by atoms with Gasteiger partial charge in [0.1, 0.15) is 11.6 Å². The number of carbonyl (C=O) groups excluding carboxylic acids is 1. The third-order valence-corrected chi connectivity index (χ3v) is 5.26. The number of aromatic amines is 1. The number of H-pyrrole nitrogens is 1. The molecule has 1 aliphatic rings. The van der Waals surface area contributed by atoms with Crippen molar-refractivity contribution in [2.45, 2.75) is 19.8 Å². The standard InChI is InChI=1S/C23H20N4O3/c1-12-4-9-16(13(2)10-12)20-19-18(14-5-7-15(8-6-14)23(28)29-3)17(11-24)21(25)30-22(19)27-26-20/h4-10,18H,25H2,1-3H3,(H,26,27)/t18-/m1/s1. The Balaban J connectivity index is 1.90. The molecule has 2 aromatic carbocycles. The van der Waals surface area contributed by atoms with E-state index in [0.29, 0.717) is 17.0 Å². The molecule has 1 aliphatic heterocycles. The van der Waals surface area contributed by atoms with Crippen LogP contribution in [0.4, 0.5) is 0 Å². The smallest absolute Gasteiger partial charge is 0.337 e. The first-order valence-electron chi connectivity index (χ1n) is 9.36. The highest BCUT2D eigenvalue weighted by Gasteiger charge is 2.35. The summed E-state index contributed by atoms with van der Waals surface area (Å²) in [4.78, 5) is 11.8. The molecule has 0 bridgehead atoms. The van der Waals surface area contributed by atoms with Gasteiger partial charge in [-0.05, 0) is 37.1 Å². The van der Waals surface area contributed by atoms with Crippen LogP contribution in [-0.4, -0.2) is 23.3 Å². The summed E-state index contributed by atoms with van der Waals surface area (Å²) in [6.45, 7) is 4.06. The number of allylic oxidation sites excluding steroid dienone is 1. The highest BCUT2D eigenvalue weighted by molar-refractivity contribution is 5.89. The second-order valence-electron chi connectivity index (χ2n) is 7.17. The topological polar surface area (TPSA) is 114 Å². The molecule has 1 atom stereocenters. The van der Waals surface area contributed by atoms with Crippen molar-refractivity contribution in [2.24, 2.45) is 5.73 Å². The van der Waals surface area contributed by atoms with E-state index in [1.165, 1.54) is 7.11 Å². The minimum Gasteiger partial charge on any atom is -0.465 e. The van der Waals surface area contributed by atoms with Crippen LogP contribution < -0.4 is 10.5 Å². The number of carbonyl (C=O) groups is 1. The molecule has 0 amide bonds. The summed E-state index contributed by atoms with van der Waals surface area (Å²) in [5.74, 6) is -0.557. The number of aromatic nitrogens is 2. The molecule has 3 N–H and O–H groups in total. The maximum Gasteiger partial charge on any atom is 0.337 e. The van der Waals surface area contributed by atoms with Crippen LogP contribution in [0.15, 0.2) is 53.9 Å². The van der Waals surface area contributed by atoms with E-state index in [4.69, 9.17) is 15.2 Å². The van der Waals surface area contributed by atoms with E-state index in [1.807, 2.05) is 26.0 Å². The SMILES string of the molecule is COC(=O)c1ccc([C@@H]2C(C#N)=C(N)Oc3n[nH]c(-c4ccc(C)cc4C)c32)cc1. The molecule has 2 heterocycles. The minimum absolute atomic E-state index is 0.0192. The summed E-state index contributed by atoms with van der Waals surface area (Å²) in [6.07, 6.45) is 0. The Morgan fingerprint density at radius 2 is 1.97 bits per heavy atom. The van der Waals surface area contributed by atoms with E-state index in [-0.39, 0.29) is 5.88 Å². The third kappa shape index (κ3) is 3.08. The number of benzene rings is 2. The molecule has 4 rings (SSSR count). The second-order valence-corrected chi connectivity index (χ2v) is 7.17. The van der Waals surface area contributed by atoms with Crippen LogP contribution in [0.25, 0.3) is 11.3 Å². The Hall–Kier alpha value is -4.05. The normalized spacial score (nSPS) is 15.2. The first-order chi connectivity index (χ1) is 14.4. The van der Waals surface area contributed by atoms with Crippen molar-refractivity contribution < 1.29 is 14.3 Å². The predicted octanol–water partition coefficient (Wildman–Crippen LogP) is 3.70. The first-order valence-corrected chi connectivity index (χ1v) is 9.36. The number of nitrogens with two attached hydrogens (primary N) is 1. The van der Waals surface area contributed by atoms with Crippen LogP contribution >= 0.6 is 0 Å². The Kier molecular flexibility index (Phi) is 4.76. The van der Waals surface area contributed by atoms with Crippen molar-refractivity contribution in [1.82, 2.24) is 10.2 Å². The van der Waals surface area contributed by atoms with E-state index in [1.54, 1.807) is 24.3 Å². The predicted molar refractivity (Wildman–Crippen MR) is 111 cm³/mol. The zero-order valence-electron chi connectivity index (χ0n) is 16.8. The number of aryl methyl sites for hydroxylation is 2. The van der Waals surface area contributed by atoms with Gasteiger partial charge in [0.2, 0.25) is 11.8 Å². The molecule has 0 unspecified atom stereocenters. The highest BCUT2D eigenvalue weighted by atomic mass is 16.5. The summed E-state index contributed by atoms with van der Waals surface area (Å²) < 4.78 is 10.4. The lowest BCUT2D eigenvalue weighted by Crippen LogP contribution is -2.21. The number of methoxy groups -OCH3 is 1. The Morgan fingerprint density at radius 1 is 1.23 bits per heavy atom. The van der Waals surface area contributed by atoms with Gasteiger partial charge < -0.3 is 15.2 Å². The first kappa shape index (κ1) is 19.3. The molecule has 0 fully saturated rings. The van der Waals surface area contributed by atoms with Crippen LogP contribution in [0.5, 0.6) is 5.88 Å². The van der Waals surface area contributed by atoms with Crippen molar-refractivity contribution in [3.63, 3.8) is 0 Å². The fourth-order valence-corrected chi connectivity index (χ4v) is 3.81. The number of nitriles is 1. The fourth-order valence-electron chi connectivity index (χ4n) is 3.81. The van der Waals surface area contributed by atoms with E-state index in [9.17, 15) is 10.1 Å². The van der Waals surface area contributed by atoms with Crippen LogP contribution in [0, 0.1) is 25.2 Å². The molecule has 7 nitrogen and oxygen atoms in total. The molecular weight excluding hydrogens is 380 g/mol. The van der Waals surface area contributed by atoms with Crippen LogP contribution in [0.3, 0.4) is 0 Å². The van der Waals surface area contributed by atoms with Gasteiger partial charge in [-0.25, -0.2) is 4.79 Å². The molecule has 3 aromatic rings. The summed E-state index contributed by atoms with van der Waals surface area (Å²) in [5, 5.41) is 17.2. The van der Waals surface area contributed by atoms with Gasteiger partial charge >= 0.3 is 5.97 Å². The Morgan fingerprint density at radius 3 is 2.60 bits per heavy atom. The lowest BCUT2D eigenvalue weighted by molar-refractivity contribution is 0.0600. The van der Waals surface area contributed by atoms with E-state index in [2.05, 4.69) is 22.3 Å². The lowest BCUT2D eigenvalue weighted by atomic mass is 9.82. The molecule has 30 heavy (non-hydrogen) atoms. The van der Waals surface area contributed by atoms with E-state index in [0.717, 1.165) is 33.5 Å². The number of hydrogen-bond donors (Lipinski definition) is 2. The zero-order valence-corrected chi connectivity index (χ0v) is 16.8. The highest BCUT2D eigenvalue weighted by Crippen LogP contribution is 2.46. The van der Waals surface area contributed by atoms with Crippen molar-refractivity contribution in [3.8, 4) is 23.2 Å². The zero-order chi connectivity index (χ0) is 21.4. The molecule has 0 spiro atoms. The van der Waals surface area contributed by atoms with Gasteiger partial charge in [0.15, 0.2) is 0 Å². The molecule has 150 valence electrons. The van der Waals surface area contributed by atoms with E-state index >= 15 is 0 Å². The van der Waals surface area contributed by atoms with Crippen molar-refractivity contribution in [1.29, 1.82) is 5.26 Å². The average molecular weight is 400 g/mol. The number of hydrogen-bond acceptors (Lipinski definition) is 6. The number of rotatable bonds is 3. The maximum absolute atomic E-state index is 11.8. The molecular formula is C23H20N4O3. The van der Waals surface area contributed by atoms with Gasteiger partial charge in [-0.15, -0.1) is 5.10 Å². The summed E-state index contributed by atoms with van der Waals surface area (Å²) in [7, 11) is 1.33. The lowest BCUT2D eigenvalue weighted by Gasteiger charge is -2.24. The molecule has 0 radical (unpaired) electrons. The van der Waals surface area contributed by atoms with Crippen LogP contribution in [0.2, 0.25) is 0 Å². The monoisotopic (exact) mass is 400 g/mol. The summed E-state index contributed by atoms with van der Waals surface area (Å²) >= 11 is 0. The number of nitrogens with zero attached hydrogens (tertiary/aromatic N) is 2. The van der Waals surface area contributed by atoms with Crippen molar-refractivity contribution in [3.05, 3.63) is 81.7 Å². The summed E-state index contributed by atoms with van der Waals surface area (Å²) in [5.41, 5.74) is 12.2. The molecule has 0 saturated heterocycles. The van der Waals surface area contributed by atoms with Crippen LogP contribution in [0.1, 0.15) is 38.5 Å². The van der Waals surface area contributed by atoms with Crippen molar-refractivity contribution >= 4 is 5.97 Å². The second kappa shape index (κ2) is 7.41. The van der Waals surface area contributed by atoms with Gasteiger partial charge in [0, 0.05) is 5.56 Å². The number of esters is 1. The van der Waals surface area contributed by atoms with Gasteiger partial charge in [-0.1, -0.05) is 35.9 Å². The third-order valence-electron chi connectivity index (χ3n) is 5.26. The quantitative estimate of drug-likeness (QED) is 0.648. The van der Waals surface area contributed by atoms with E-state index < -0.39 is 11.9 Å². The van der Waals surface area contributed by atoms with Crippen LogP contribution in [-0.2, 0) is 4.74 Å². The molecule has 1 aromatic heterocycles. The molecule has 0 saturated carbocycles. The fraction of sp³-hybridized carbons (Fsp3) is 0.174. The Bertz CT molecular complexity index is 1220. The maximum atomic E-state index is 11.8. The van der Waals surface area contributed by atoms with Gasteiger partial charge in [-0.3, -0.25) is 5.10 Å². The van der Waals surface area contributed by atoms with Crippen molar-refractivity contribution in [2.75, 3.05) is 7.11 Å².